The monoisotopic (exact) mass is 376 g/mol. The first-order valence-corrected chi connectivity index (χ1v) is 9.49. The number of hydrogen-bond acceptors (Lipinski definition) is 5. The molecule has 0 fully saturated rings. The Morgan fingerprint density at radius 3 is 2.52 bits per heavy atom. The first-order valence-electron chi connectivity index (χ1n) is 7.88. The largest absolute Gasteiger partial charge is 0.393 e. The van der Waals surface area contributed by atoms with Crippen LogP contribution in [0, 0.1) is 5.82 Å². The Bertz CT molecular complexity index is 694. The van der Waals surface area contributed by atoms with E-state index in [-0.39, 0.29) is 31.5 Å². The number of sulfonamides is 1. The maximum Gasteiger partial charge on any atom is 0.249 e. The molecule has 0 saturated heterocycles. The predicted octanol–water partition coefficient (Wildman–Crippen LogP) is 0.183. The Balaban J connectivity index is 2.64. The van der Waals surface area contributed by atoms with Gasteiger partial charge < -0.3 is 15.9 Å². The fourth-order valence-electron chi connectivity index (χ4n) is 2.43. The Morgan fingerprint density at radius 2 is 2.00 bits per heavy atom. The van der Waals surface area contributed by atoms with Crippen molar-refractivity contribution in [2.24, 2.45) is 10.9 Å². The number of aryl methyl sites for hydroxylation is 1. The molecule has 0 aliphatic carbocycles. The van der Waals surface area contributed by atoms with E-state index < -0.39 is 32.9 Å². The van der Waals surface area contributed by atoms with Gasteiger partial charge in [-0.2, -0.15) is 0 Å². The Kier molecular flexibility index (Phi) is 7.48. The van der Waals surface area contributed by atoms with Gasteiger partial charge in [-0.1, -0.05) is 12.1 Å². The zero-order valence-corrected chi connectivity index (χ0v) is 14.9. The molecule has 0 radical (unpaired) electrons. The summed E-state index contributed by atoms with van der Waals surface area (Å²) in [4.78, 5) is 11.1. The summed E-state index contributed by atoms with van der Waals surface area (Å²) in [6.45, 7) is 1.19. The van der Waals surface area contributed by atoms with Crippen molar-refractivity contribution in [1.82, 2.24) is 0 Å². The molecule has 0 aliphatic heterocycles. The molecule has 1 amide bonds. The third-order valence-electron chi connectivity index (χ3n) is 4.14. The van der Waals surface area contributed by atoms with Crippen LogP contribution in [0.3, 0.4) is 0 Å². The minimum absolute atomic E-state index is 0.119. The Morgan fingerprint density at radius 1 is 1.36 bits per heavy atom. The first-order chi connectivity index (χ1) is 11.4. The Labute approximate surface area is 146 Å². The summed E-state index contributed by atoms with van der Waals surface area (Å²) >= 11 is 0. The number of nitrogens with two attached hydrogens (primary N) is 2. The van der Waals surface area contributed by atoms with Gasteiger partial charge in [-0.05, 0) is 56.7 Å². The third kappa shape index (κ3) is 7.47. The second-order valence-corrected chi connectivity index (χ2v) is 8.29. The van der Waals surface area contributed by atoms with Crippen molar-refractivity contribution in [2.45, 2.75) is 56.0 Å². The number of benzene rings is 1. The standard InChI is InChI=1S/C16H25FN2O5S/c1-16(22,15(18)21)8-7-14(25(19,23)24)10-13(20)6-5-11-3-2-4-12(17)9-11/h2-4,9,13-14,20,22H,5-8,10H2,1H3,(H2,18,21)(H2,19,23,24)/t13-,14+,16?/m0/s1. The van der Waals surface area contributed by atoms with Crippen LogP contribution in [0.25, 0.3) is 0 Å². The van der Waals surface area contributed by atoms with Gasteiger partial charge in [0.1, 0.15) is 11.4 Å². The number of hydrogen-bond donors (Lipinski definition) is 4. The lowest BCUT2D eigenvalue weighted by molar-refractivity contribution is -0.135. The molecule has 1 rings (SSSR count). The number of primary sulfonamides is 1. The highest BCUT2D eigenvalue weighted by atomic mass is 32.2. The summed E-state index contributed by atoms with van der Waals surface area (Å²) in [5.74, 6) is -1.35. The van der Waals surface area contributed by atoms with Gasteiger partial charge in [-0.15, -0.1) is 0 Å². The van der Waals surface area contributed by atoms with Crippen LogP contribution >= 0.6 is 0 Å². The summed E-state index contributed by atoms with van der Waals surface area (Å²) in [6, 6.07) is 5.91. The zero-order valence-electron chi connectivity index (χ0n) is 14.1. The molecule has 1 unspecified atom stereocenters. The fourth-order valence-corrected chi connectivity index (χ4v) is 3.37. The molecule has 9 heteroatoms. The van der Waals surface area contributed by atoms with Crippen LogP contribution in [0.15, 0.2) is 24.3 Å². The van der Waals surface area contributed by atoms with Crippen LogP contribution in [0.4, 0.5) is 4.39 Å². The summed E-state index contributed by atoms with van der Waals surface area (Å²) in [5.41, 5.74) is 3.87. The quantitative estimate of drug-likeness (QED) is 0.460. The first kappa shape index (κ1) is 21.5. The van der Waals surface area contributed by atoms with E-state index in [1.807, 2.05) is 0 Å². The number of carbonyl (C=O) groups is 1. The minimum atomic E-state index is -3.98. The van der Waals surface area contributed by atoms with Crippen molar-refractivity contribution in [3.63, 3.8) is 0 Å². The van der Waals surface area contributed by atoms with Gasteiger partial charge in [0.15, 0.2) is 0 Å². The summed E-state index contributed by atoms with van der Waals surface area (Å²) in [7, 11) is -3.98. The molecule has 142 valence electrons. The second-order valence-electron chi connectivity index (χ2n) is 6.45. The Hall–Kier alpha value is -1.55. The van der Waals surface area contributed by atoms with Gasteiger partial charge in [-0.3, -0.25) is 4.79 Å². The lowest BCUT2D eigenvalue weighted by Crippen LogP contribution is -2.42. The number of aliphatic hydroxyl groups is 2. The average Bonchev–Trinajstić information content (AvgIpc) is 2.48. The number of primary amides is 1. The number of amides is 1. The zero-order chi connectivity index (χ0) is 19.3. The van der Waals surface area contributed by atoms with Crippen LogP contribution in [-0.4, -0.2) is 41.5 Å². The molecule has 0 bridgehead atoms. The highest BCUT2D eigenvalue weighted by Gasteiger charge is 2.32. The van der Waals surface area contributed by atoms with Gasteiger partial charge >= 0.3 is 0 Å². The van der Waals surface area contributed by atoms with Gasteiger partial charge in [0.25, 0.3) is 0 Å². The lowest BCUT2D eigenvalue weighted by atomic mass is 9.95. The molecule has 1 aromatic rings. The van der Waals surface area contributed by atoms with Gasteiger partial charge in [0.05, 0.1) is 11.4 Å². The molecule has 0 saturated carbocycles. The number of rotatable bonds is 10. The van der Waals surface area contributed by atoms with Crippen molar-refractivity contribution in [2.75, 3.05) is 0 Å². The fraction of sp³-hybridized carbons (Fsp3) is 0.562. The van der Waals surface area contributed by atoms with E-state index in [1.165, 1.54) is 19.1 Å². The van der Waals surface area contributed by atoms with Gasteiger partial charge in [0.2, 0.25) is 15.9 Å². The van der Waals surface area contributed by atoms with Crippen LogP contribution < -0.4 is 10.9 Å². The third-order valence-corrected chi connectivity index (χ3v) is 5.50. The van der Waals surface area contributed by atoms with Crippen LogP contribution in [-0.2, 0) is 21.2 Å². The number of halogens is 1. The summed E-state index contributed by atoms with van der Waals surface area (Å²) in [6.07, 6.45) is -0.851. The van der Waals surface area contributed by atoms with E-state index in [4.69, 9.17) is 10.9 Å². The van der Waals surface area contributed by atoms with E-state index in [9.17, 15) is 27.8 Å². The summed E-state index contributed by atoms with van der Waals surface area (Å²) < 4.78 is 36.5. The van der Waals surface area contributed by atoms with Crippen LogP contribution in [0.5, 0.6) is 0 Å². The topological polar surface area (TPSA) is 144 Å². The number of carbonyl (C=O) groups excluding carboxylic acids is 1. The maximum absolute atomic E-state index is 13.1. The lowest BCUT2D eigenvalue weighted by Gasteiger charge is -2.23. The van der Waals surface area contributed by atoms with Gasteiger partial charge in [-0.25, -0.2) is 17.9 Å². The second kappa shape index (κ2) is 8.70. The van der Waals surface area contributed by atoms with Crippen molar-refractivity contribution in [3.05, 3.63) is 35.6 Å². The normalized spacial score (nSPS) is 16.8. The average molecular weight is 376 g/mol. The van der Waals surface area contributed by atoms with E-state index in [0.717, 1.165) is 0 Å². The molecular weight excluding hydrogens is 351 g/mol. The minimum Gasteiger partial charge on any atom is -0.393 e. The molecule has 0 aromatic heterocycles. The van der Waals surface area contributed by atoms with E-state index >= 15 is 0 Å². The smallest absolute Gasteiger partial charge is 0.249 e. The molecule has 3 atom stereocenters. The van der Waals surface area contributed by atoms with Crippen LogP contribution in [0.1, 0.15) is 38.2 Å². The highest BCUT2D eigenvalue weighted by molar-refractivity contribution is 7.89. The molecule has 7 nitrogen and oxygen atoms in total. The number of aliphatic hydroxyl groups excluding tert-OH is 1. The molecule has 1 aromatic carbocycles. The van der Waals surface area contributed by atoms with Crippen molar-refractivity contribution >= 4 is 15.9 Å². The van der Waals surface area contributed by atoms with Crippen molar-refractivity contribution in [3.8, 4) is 0 Å². The molecular formula is C16H25FN2O5S. The highest BCUT2D eigenvalue weighted by Crippen LogP contribution is 2.21. The van der Waals surface area contributed by atoms with Crippen molar-refractivity contribution < 1.29 is 27.8 Å². The predicted molar refractivity (Wildman–Crippen MR) is 91.3 cm³/mol. The molecule has 25 heavy (non-hydrogen) atoms. The maximum atomic E-state index is 13.1. The summed E-state index contributed by atoms with van der Waals surface area (Å²) in [5, 5.41) is 23.9. The SMILES string of the molecule is CC(O)(CC[C@H](C[C@@H](O)CCc1cccc(F)c1)S(N)(=O)=O)C(N)=O. The van der Waals surface area contributed by atoms with Gasteiger partial charge in [0, 0.05) is 0 Å². The van der Waals surface area contributed by atoms with E-state index in [1.54, 1.807) is 12.1 Å². The van der Waals surface area contributed by atoms with Crippen molar-refractivity contribution in [1.29, 1.82) is 0 Å². The molecule has 0 spiro atoms. The van der Waals surface area contributed by atoms with E-state index in [0.29, 0.717) is 12.0 Å². The molecule has 0 aliphatic rings. The molecule has 6 N–H and O–H groups in total. The molecule has 0 heterocycles. The van der Waals surface area contributed by atoms with Crippen LogP contribution in [0.2, 0.25) is 0 Å². The van der Waals surface area contributed by atoms with E-state index in [2.05, 4.69) is 0 Å².